The van der Waals surface area contributed by atoms with Crippen molar-refractivity contribution >= 4 is 17.8 Å². The number of rotatable bonds is 3. The van der Waals surface area contributed by atoms with E-state index in [1.807, 2.05) is 19.1 Å². The molecule has 0 bridgehead atoms. The SMILES string of the molecule is Cc1ccc(C(=O)Oc2ccc3c(c2)OC(=Cc2ccco2)C3=O)cc1. The Morgan fingerprint density at radius 3 is 2.62 bits per heavy atom. The standard InChI is InChI=1S/C21H14O5/c1-13-4-6-14(7-5-13)21(23)25-16-8-9-17-18(12-16)26-19(20(17)22)11-15-3-2-10-24-15/h2-12H,1H3. The highest BCUT2D eigenvalue weighted by Crippen LogP contribution is 2.35. The van der Waals surface area contributed by atoms with E-state index in [1.165, 1.54) is 18.4 Å². The van der Waals surface area contributed by atoms with Crippen molar-refractivity contribution in [1.29, 1.82) is 0 Å². The van der Waals surface area contributed by atoms with Crippen molar-refractivity contribution in [3.05, 3.63) is 89.1 Å². The van der Waals surface area contributed by atoms with Gasteiger partial charge in [0, 0.05) is 12.1 Å². The van der Waals surface area contributed by atoms with Crippen LogP contribution in [-0.4, -0.2) is 11.8 Å². The van der Waals surface area contributed by atoms with Gasteiger partial charge in [-0.15, -0.1) is 0 Å². The van der Waals surface area contributed by atoms with Crippen LogP contribution in [0.25, 0.3) is 6.08 Å². The van der Waals surface area contributed by atoms with Gasteiger partial charge in [0.15, 0.2) is 5.76 Å². The van der Waals surface area contributed by atoms with Crippen LogP contribution >= 0.6 is 0 Å². The van der Waals surface area contributed by atoms with Crippen LogP contribution in [0.15, 0.2) is 71.0 Å². The summed E-state index contributed by atoms with van der Waals surface area (Å²) in [5, 5.41) is 0. The molecule has 2 heterocycles. The lowest BCUT2D eigenvalue weighted by molar-refractivity contribution is 0.0734. The fourth-order valence-electron chi connectivity index (χ4n) is 2.59. The zero-order chi connectivity index (χ0) is 18.1. The van der Waals surface area contributed by atoms with Crippen LogP contribution in [0.5, 0.6) is 11.5 Å². The molecular formula is C21H14O5. The number of aryl methyl sites for hydroxylation is 1. The summed E-state index contributed by atoms with van der Waals surface area (Å²) >= 11 is 0. The third-order valence-electron chi connectivity index (χ3n) is 3.96. The maximum Gasteiger partial charge on any atom is 0.343 e. The largest absolute Gasteiger partial charge is 0.465 e. The van der Waals surface area contributed by atoms with E-state index in [4.69, 9.17) is 13.9 Å². The summed E-state index contributed by atoms with van der Waals surface area (Å²) in [4.78, 5) is 24.6. The average molecular weight is 346 g/mol. The minimum atomic E-state index is -0.472. The summed E-state index contributed by atoms with van der Waals surface area (Å²) in [6, 6.07) is 15.2. The van der Waals surface area contributed by atoms with Gasteiger partial charge >= 0.3 is 5.97 Å². The molecule has 1 aromatic heterocycles. The second kappa shape index (κ2) is 6.37. The van der Waals surface area contributed by atoms with Crippen molar-refractivity contribution in [3.63, 3.8) is 0 Å². The Kier molecular flexibility index (Phi) is 3.89. The van der Waals surface area contributed by atoms with Crippen LogP contribution in [0.1, 0.15) is 32.0 Å². The van der Waals surface area contributed by atoms with Gasteiger partial charge in [0.1, 0.15) is 17.3 Å². The van der Waals surface area contributed by atoms with Crippen molar-refractivity contribution < 1.29 is 23.5 Å². The van der Waals surface area contributed by atoms with Crippen LogP contribution in [0.4, 0.5) is 0 Å². The monoisotopic (exact) mass is 346 g/mol. The molecular weight excluding hydrogens is 332 g/mol. The average Bonchev–Trinajstić information content (AvgIpc) is 3.24. The number of fused-ring (bicyclic) bond motifs is 1. The van der Waals surface area contributed by atoms with E-state index in [0.29, 0.717) is 28.4 Å². The Hall–Kier alpha value is -3.60. The van der Waals surface area contributed by atoms with E-state index in [-0.39, 0.29) is 11.5 Å². The van der Waals surface area contributed by atoms with Gasteiger partial charge in [0.25, 0.3) is 0 Å². The Labute approximate surface area is 149 Å². The topological polar surface area (TPSA) is 65.7 Å². The van der Waals surface area contributed by atoms with Crippen molar-refractivity contribution in [1.82, 2.24) is 0 Å². The number of hydrogen-bond donors (Lipinski definition) is 0. The van der Waals surface area contributed by atoms with Gasteiger partial charge < -0.3 is 13.9 Å². The molecule has 3 aromatic rings. The van der Waals surface area contributed by atoms with E-state index in [0.717, 1.165) is 5.56 Å². The maximum atomic E-state index is 12.4. The predicted molar refractivity (Wildman–Crippen MR) is 94.2 cm³/mol. The minimum Gasteiger partial charge on any atom is -0.465 e. The van der Waals surface area contributed by atoms with E-state index >= 15 is 0 Å². The van der Waals surface area contributed by atoms with Gasteiger partial charge in [-0.05, 0) is 43.3 Å². The Balaban J connectivity index is 1.55. The summed E-state index contributed by atoms with van der Waals surface area (Å²) in [7, 11) is 0. The third-order valence-corrected chi connectivity index (χ3v) is 3.96. The summed E-state index contributed by atoms with van der Waals surface area (Å²) in [6.07, 6.45) is 3.04. The van der Waals surface area contributed by atoms with E-state index in [9.17, 15) is 9.59 Å². The molecule has 0 spiro atoms. The maximum absolute atomic E-state index is 12.4. The molecule has 1 aliphatic rings. The van der Waals surface area contributed by atoms with Gasteiger partial charge in [-0.1, -0.05) is 17.7 Å². The van der Waals surface area contributed by atoms with Gasteiger partial charge in [-0.3, -0.25) is 4.79 Å². The molecule has 0 saturated carbocycles. The molecule has 0 N–H and O–H groups in total. The van der Waals surface area contributed by atoms with E-state index in [1.54, 1.807) is 36.4 Å². The second-order valence-corrected chi connectivity index (χ2v) is 5.87. The molecule has 0 saturated heterocycles. The number of allylic oxidation sites excluding steroid dienone is 1. The number of Topliss-reactive ketones (excluding diaryl/α,β-unsaturated/α-hetero) is 1. The highest BCUT2D eigenvalue weighted by Gasteiger charge is 2.28. The number of benzene rings is 2. The fourth-order valence-corrected chi connectivity index (χ4v) is 2.59. The zero-order valence-corrected chi connectivity index (χ0v) is 13.9. The summed E-state index contributed by atoms with van der Waals surface area (Å²) in [5.41, 5.74) is 1.92. The van der Waals surface area contributed by atoms with Crippen molar-refractivity contribution in [2.45, 2.75) is 6.92 Å². The van der Waals surface area contributed by atoms with Crippen LogP contribution in [0, 0.1) is 6.92 Å². The van der Waals surface area contributed by atoms with Crippen LogP contribution in [0.3, 0.4) is 0 Å². The van der Waals surface area contributed by atoms with Crippen molar-refractivity contribution in [2.24, 2.45) is 0 Å². The molecule has 0 fully saturated rings. The molecule has 5 nitrogen and oxygen atoms in total. The Bertz CT molecular complexity index is 1010. The minimum absolute atomic E-state index is 0.164. The van der Waals surface area contributed by atoms with Crippen LogP contribution < -0.4 is 9.47 Å². The first-order valence-electron chi connectivity index (χ1n) is 8.01. The molecule has 0 aliphatic carbocycles. The fraction of sp³-hybridized carbons (Fsp3) is 0.0476. The molecule has 0 radical (unpaired) electrons. The molecule has 5 heteroatoms. The zero-order valence-electron chi connectivity index (χ0n) is 13.9. The smallest absolute Gasteiger partial charge is 0.343 e. The number of ether oxygens (including phenoxy) is 2. The van der Waals surface area contributed by atoms with Crippen LogP contribution in [-0.2, 0) is 0 Å². The molecule has 26 heavy (non-hydrogen) atoms. The number of furan rings is 1. The summed E-state index contributed by atoms with van der Waals surface area (Å²) < 4.78 is 16.2. The lowest BCUT2D eigenvalue weighted by Gasteiger charge is -2.06. The highest BCUT2D eigenvalue weighted by atomic mass is 16.5. The quantitative estimate of drug-likeness (QED) is 0.399. The summed E-state index contributed by atoms with van der Waals surface area (Å²) in [6.45, 7) is 1.94. The predicted octanol–water partition coefficient (Wildman–Crippen LogP) is 4.42. The number of esters is 1. The first-order valence-corrected chi connectivity index (χ1v) is 8.01. The molecule has 1 aliphatic heterocycles. The Morgan fingerprint density at radius 1 is 1.08 bits per heavy atom. The normalized spacial score (nSPS) is 14.2. The first-order chi connectivity index (χ1) is 12.6. The Morgan fingerprint density at radius 2 is 1.88 bits per heavy atom. The van der Waals surface area contributed by atoms with Gasteiger partial charge in [-0.25, -0.2) is 4.79 Å². The third kappa shape index (κ3) is 3.02. The van der Waals surface area contributed by atoms with E-state index < -0.39 is 5.97 Å². The molecule has 0 atom stereocenters. The molecule has 4 rings (SSSR count). The van der Waals surface area contributed by atoms with Gasteiger partial charge in [0.2, 0.25) is 5.78 Å². The van der Waals surface area contributed by atoms with Gasteiger partial charge in [0.05, 0.1) is 17.4 Å². The number of ketones is 1. The van der Waals surface area contributed by atoms with Crippen molar-refractivity contribution in [2.75, 3.05) is 0 Å². The molecule has 2 aromatic carbocycles. The highest BCUT2D eigenvalue weighted by molar-refractivity contribution is 6.14. The van der Waals surface area contributed by atoms with E-state index in [2.05, 4.69) is 0 Å². The lowest BCUT2D eigenvalue weighted by atomic mass is 10.1. The molecule has 0 amide bonds. The number of hydrogen-bond acceptors (Lipinski definition) is 5. The number of carbonyl (C=O) groups excluding carboxylic acids is 2. The number of carbonyl (C=O) groups is 2. The lowest BCUT2D eigenvalue weighted by Crippen LogP contribution is -2.08. The van der Waals surface area contributed by atoms with Gasteiger partial charge in [-0.2, -0.15) is 0 Å². The van der Waals surface area contributed by atoms with Crippen molar-refractivity contribution in [3.8, 4) is 11.5 Å². The molecule has 0 unspecified atom stereocenters. The second-order valence-electron chi connectivity index (χ2n) is 5.87. The summed E-state index contributed by atoms with van der Waals surface area (Å²) in [5.74, 6) is 0.626. The van der Waals surface area contributed by atoms with Crippen LogP contribution in [0.2, 0.25) is 0 Å². The molecule has 128 valence electrons. The first kappa shape index (κ1) is 15.9.